The Morgan fingerprint density at radius 1 is 1.43 bits per heavy atom. The highest BCUT2D eigenvalue weighted by Crippen LogP contribution is 2.09. The van der Waals surface area contributed by atoms with Crippen LogP contribution >= 0.6 is 0 Å². The van der Waals surface area contributed by atoms with E-state index in [4.69, 9.17) is 0 Å². The third-order valence-corrected chi connectivity index (χ3v) is 2.10. The van der Waals surface area contributed by atoms with E-state index in [1.54, 1.807) is 0 Å². The number of hydrogen-bond donors (Lipinski definition) is 1. The van der Waals surface area contributed by atoms with Crippen LogP contribution in [0.2, 0.25) is 0 Å². The molecule has 0 spiro atoms. The lowest BCUT2D eigenvalue weighted by molar-refractivity contribution is 1.10. The molecule has 2 heterocycles. The summed E-state index contributed by atoms with van der Waals surface area (Å²) >= 11 is 0. The first kappa shape index (κ1) is 8.81. The van der Waals surface area contributed by atoms with Gasteiger partial charge in [-0.2, -0.15) is 0 Å². The Kier molecular flexibility index (Phi) is 2.23. The molecular formula is C11H13N3. The molecule has 72 valence electrons. The maximum atomic E-state index is 4.30. The average Bonchev–Trinajstić information content (AvgIpc) is 2.57. The van der Waals surface area contributed by atoms with E-state index in [-0.39, 0.29) is 0 Å². The van der Waals surface area contributed by atoms with Crippen molar-refractivity contribution in [2.45, 2.75) is 6.92 Å². The van der Waals surface area contributed by atoms with Crippen LogP contribution in [-0.2, 0) is 0 Å². The Morgan fingerprint density at radius 2 is 2.29 bits per heavy atom. The molecule has 0 aliphatic rings. The third-order valence-electron chi connectivity index (χ3n) is 2.10. The van der Waals surface area contributed by atoms with E-state index in [1.165, 1.54) is 5.56 Å². The third kappa shape index (κ3) is 1.48. The standard InChI is InChI=1S/C11H13N3/c1-9-3-4-11-13-7-10(5-6-12-2)14(11)8-9/h3-8,12H,1-2H3/b6-5+. The van der Waals surface area contributed by atoms with Gasteiger partial charge in [-0.15, -0.1) is 0 Å². The molecule has 2 aromatic rings. The van der Waals surface area contributed by atoms with Crippen molar-refractivity contribution < 1.29 is 0 Å². The van der Waals surface area contributed by atoms with Gasteiger partial charge in [0, 0.05) is 13.2 Å². The second kappa shape index (κ2) is 3.54. The largest absolute Gasteiger partial charge is 0.394 e. The van der Waals surface area contributed by atoms with Gasteiger partial charge >= 0.3 is 0 Å². The van der Waals surface area contributed by atoms with E-state index in [0.717, 1.165) is 11.3 Å². The molecule has 0 bridgehead atoms. The number of aryl methyl sites for hydroxylation is 1. The summed E-state index contributed by atoms with van der Waals surface area (Å²) in [4.78, 5) is 4.30. The van der Waals surface area contributed by atoms with E-state index < -0.39 is 0 Å². The fourth-order valence-electron chi connectivity index (χ4n) is 1.40. The summed E-state index contributed by atoms with van der Waals surface area (Å²) in [7, 11) is 1.88. The zero-order chi connectivity index (χ0) is 9.97. The predicted molar refractivity (Wildman–Crippen MR) is 58.0 cm³/mol. The summed E-state index contributed by atoms with van der Waals surface area (Å²) in [6.07, 6.45) is 7.84. The molecule has 0 saturated heterocycles. The molecule has 2 rings (SSSR count). The van der Waals surface area contributed by atoms with Gasteiger partial charge in [-0.25, -0.2) is 4.98 Å². The van der Waals surface area contributed by atoms with Crippen molar-refractivity contribution in [3.63, 3.8) is 0 Å². The van der Waals surface area contributed by atoms with Gasteiger partial charge < -0.3 is 5.32 Å². The van der Waals surface area contributed by atoms with Crippen LogP contribution in [-0.4, -0.2) is 16.4 Å². The summed E-state index contributed by atoms with van der Waals surface area (Å²) in [5, 5.41) is 2.96. The molecule has 0 fully saturated rings. The molecule has 2 aromatic heterocycles. The van der Waals surface area contributed by atoms with Crippen molar-refractivity contribution >= 4 is 11.7 Å². The second-order valence-corrected chi connectivity index (χ2v) is 3.24. The van der Waals surface area contributed by atoms with E-state index in [1.807, 2.05) is 31.6 Å². The van der Waals surface area contributed by atoms with Crippen molar-refractivity contribution in [3.05, 3.63) is 42.0 Å². The van der Waals surface area contributed by atoms with Gasteiger partial charge in [0.15, 0.2) is 0 Å². The molecule has 0 aromatic carbocycles. The SMILES string of the molecule is CN/C=C/c1cnc2ccc(C)cn12. The summed E-state index contributed by atoms with van der Waals surface area (Å²) < 4.78 is 2.07. The Hall–Kier alpha value is -1.77. The molecule has 0 radical (unpaired) electrons. The lowest BCUT2D eigenvalue weighted by atomic mass is 10.3. The fourth-order valence-corrected chi connectivity index (χ4v) is 1.40. The number of aromatic nitrogens is 2. The van der Waals surface area contributed by atoms with Crippen molar-refractivity contribution in [1.29, 1.82) is 0 Å². The minimum absolute atomic E-state index is 0.978. The molecule has 3 heteroatoms. The monoisotopic (exact) mass is 187 g/mol. The van der Waals surface area contributed by atoms with Crippen LogP contribution in [0.25, 0.3) is 11.7 Å². The van der Waals surface area contributed by atoms with Crippen LogP contribution in [0.5, 0.6) is 0 Å². The van der Waals surface area contributed by atoms with Crippen molar-refractivity contribution in [2.24, 2.45) is 0 Å². The first-order valence-electron chi connectivity index (χ1n) is 4.59. The lowest BCUT2D eigenvalue weighted by Gasteiger charge is -1.98. The zero-order valence-corrected chi connectivity index (χ0v) is 8.36. The minimum atomic E-state index is 0.978. The molecule has 14 heavy (non-hydrogen) atoms. The van der Waals surface area contributed by atoms with Crippen LogP contribution in [0, 0.1) is 6.92 Å². The fraction of sp³-hybridized carbons (Fsp3) is 0.182. The summed E-state index contributed by atoms with van der Waals surface area (Å²) in [6.45, 7) is 2.07. The predicted octanol–water partition coefficient (Wildman–Crippen LogP) is 1.83. The molecule has 0 atom stereocenters. The van der Waals surface area contributed by atoms with Crippen LogP contribution in [0.4, 0.5) is 0 Å². The second-order valence-electron chi connectivity index (χ2n) is 3.24. The molecule has 0 aliphatic heterocycles. The number of rotatable bonds is 2. The molecule has 0 amide bonds. The Balaban J connectivity index is 2.55. The first-order valence-corrected chi connectivity index (χ1v) is 4.59. The van der Waals surface area contributed by atoms with E-state index >= 15 is 0 Å². The topological polar surface area (TPSA) is 29.3 Å². The smallest absolute Gasteiger partial charge is 0.137 e. The van der Waals surface area contributed by atoms with E-state index in [0.29, 0.717) is 0 Å². The maximum absolute atomic E-state index is 4.30. The molecule has 1 N–H and O–H groups in total. The van der Waals surface area contributed by atoms with E-state index in [2.05, 4.69) is 33.9 Å². The maximum Gasteiger partial charge on any atom is 0.137 e. The highest BCUT2D eigenvalue weighted by Gasteiger charge is 1.98. The normalized spacial score (nSPS) is 11.3. The highest BCUT2D eigenvalue weighted by molar-refractivity contribution is 5.52. The van der Waals surface area contributed by atoms with Crippen LogP contribution in [0.3, 0.4) is 0 Å². The minimum Gasteiger partial charge on any atom is -0.394 e. The van der Waals surface area contributed by atoms with Crippen molar-refractivity contribution in [1.82, 2.24) is 14.7 Å². The van der Waals surface area contributed by atoms with Crippen LogP contribution in [0.15, 0.2) is 30.7 Å². The molecule has 0 saturated carbocycles. The van der Waals surface area contributed by atoms with Gasteiger partial charge in [0.25, 0.3) is 0 Å². The number of nitrogens with zero attached hydrogens (tertiary/aromatic N) is 2. The number of pyridine rings is 1. The van der Waals surface area contributed by atoms with Gasteiger partial charge in [0.2, 0.25) is 0 Å². The summed E-state index contributed by atoms with van der Waals surface area (Å²) in [5.41, 5.74) is 3.29. The van der Waals surface area contributed by atoms with Gasteiger partial charge in [-0.3, -0.25) is 4.40 Å². The number of nitrogens with one attached hydrogen (secondary N) is 1. The van der Waals surface area contributed by atoms with Crippen molar-refractivity contribution in [3.8, 4) is 0 Å². The summed E-state index contributed by atoms with van der Waals surface area (Å²) in [6, 6.07) is 4.08. The van der Waals surface area contributed by atoms with Gasteiger partial charge in [0.1, 0.15) is 5.65 Å². The lowest BCUT2D eigenvalue weighted by Crippen LogP contribution is -1.92. The molecule has 0 unspecified atom stereocenters. The highest BCUT2D eigenvalue weighted by atomic mass is 15.0. The van der Waals surface area contributed by atoms with Gasteiger partial charge in [0.05, 0.1) is 11.9 Å². The molecular weight excluding hydrogens is 174 g/mol. The van der Waals surface area contributed by atoms with Gasteiger partial charge in [-0.05, 0) is 30.8 Å². The number of imidazole rings is 1. The van der Waals surface area contributed by atoms with Crippen LogP contribution in [0.1, 0.15) is 11.3 Å². The van der Waals surface area contributed by atoms with Crippen molar-refractivity contribution in [2.75, 3.05) is 7.05 Å². The Morgan fingerprint density at radius 3 is 3.07 bits per heavy atom. The van der Waals surface area contributed by atoms with Gasteiger partial charge in [-0.1, -0.05) is 6.07 Å². The van der Waals surface area contributed by atoms with E-state index in [9.17, 15) is 0 Å². The summed E-state index contributed by atoms with van der Waals surface area (Å²) in [5.74, 6) is 0. The quantitative estimate of drug-likeness (QED) is 0.777. The average molecular weight is 187 g/mol. The Bertz CT molecular complexity index is 468. The molecule has 0 aliphatic carbocycles. The number of hydrogen-bond acceptors (Lipinski definition) is 2. The van der Waals surface area contributed by atoms with Crippen LogP contribution < -0.4 is 5.32 Å². The first-order chi connectivity index (χ1) is 6.81. The Labute approximate surface area is 83.1 Å². The number of fused-ring (bicyclic) bond motifs is 1. The zero-order valence-electron chi connectivity index (χ0n) is 8.36. The molecule has 3 nitrogen and oxygen atoms in total.